The first-order valence-electron chi connectivity index (χ1n) is 11.2. The maximum absolute atomic E-state index is 13.5. The van der Waals surface area contributed by atoms with Gasteiger partial charge >= 0.3 is 24.5 Å². The monoisotopic (exact) mass is 581 g/mol. The summed E-state index contributed by atoms with van der Waals surface area (Å²) in [6.07, 6.45) is -9.64. The molecule has 0 bridgehead atoms. The molecule has 0 saturated heterocycles. The number of benzene rings is 2. The average Bonchev–Trinajstić information content (AvgIpc) is 3.20. The number of nitrogens with zero attached hydrogens (tertiary/aromatic N) is 3. The van der Waals surface area contributed by atoms with Gasteiger partial charge in [-0.1, -0.05) is 17.7 Å². The van der Waals surface area contributed by atoms with Gasteiger partial charge in [0, 0.05) is 18.4 Å². The highest BCUT2D eigenvalue weighted by atomic mass is 35.5. The standard InChI is InChI=1S/C24H22ClF6N3O5/c1-4-38-20(35)22(2)12-34(32-19(22)14-5-10-17(18(25)11-14)23(26,27)28)21(36)33(13-37-3)15-6-8-16(9-7-15)39-24(29,30)31/h5-11H,4,12-13H2,1-3H3. The molecule has 212 valence electrons. The van der Waals surface area contributed by atoms with E-state index in [1.165, 1.54) is 26.2 Å². The fourth-order valence-corrected chi connectivity index (χ4v) is 4.10. The minimum absolute atomic E-state index is 0.0223. The number of carbonyl (C=O) groups is 2. The molecular formula is C24H22ClF6N3O5. The lowest BCUT2D eigenvalue weighted by molar-refractivity contribution is -0.274. The Hall–Kier alpha value is -3.52. The minimum Gasteiger partial charge on any atom is -0.465 e. The highest BCUT2D eigenvalue weighted by Crippen LogP contribution is 2.39. The maximum atomic E-state index is 13.5. The Kier molecular flexibility index (Phi) is 8.70. The van der Waals surface area contributed by atoms with Crippen LogP contribution in [0, 0.1) is 5.41 Å². The SMILES string of the molecule is CCOC(=O)C1(C)CN(C(=O)N(COC)c2ccc(OC(F)(F)F)cc2)N=C1c1ccc(C(F)(F)F)c(Cl)c1. The summed E-state index contributed by atoms with van der Waals surface area (Å²) in [7, 11) is 1.27. The lowest BCUT2D eigenvalue weighted by Crippen LogP contribution is -2.45. The number of carbonyl (C=O) groups excluding carboxylic acids is 2. The highest BCUT2D eigenvalue weighted by molar-refractivity contribution is 6.32. The molecule has 8 nitrogen and oxygen atoms in total. The zero-order valence-corrected chi connectivity index (χ0v) is 21.4. The lowest BCUT2D eigenvalue weighted by Gasteiger charge is -2.27. The molecule has 0 saturated carbocycles. The molecule has 0 aliphatic carbocycles. The van der Waals surface area contributed by atoms with Crippen LogP contribution in [-0.4, -0.2) is 56.1 Å². The van der Waals surface area contributed by atoms with Gasteiger partial charge in [0.25, 0.3) is 0 Å². The molecule has 1 aliphatic heterocycles. The number of methoxy groups -OCH3 is 1. The summed E-state index contributed by atoms with van der Waals surface area (Å²) in [5.74, 6) is -1.31. The van der Waals surface area contributed by atoms with Gasteiger partial charge in [-0.2, -0.15) is 18.3 Å². The normalized spacial score (nSPS) is 17.6. The second kappa shape index (κ2) is 11.3. The number of ether oxygens (including phenoxy) is 3. The van der Waals surface area contributed by atoms with E-state index in [1.807, 2.05) is 0 Å². The number of hydrogen-bond acceptors (Lipinski definition) is 6. The quantitative estimate of drug-likeness (QED) is 0.225. The van der Waals surface area contributed by atoms with Crippen LogP contribution >= 0.6 is 11.6 Å². The molecule has 3 rings (SSSR count). The molecule has 1 atom stereocenters. The minimum atomic E-state index is -4.91. The van der Waals surface area contributed by atoms with Crippen molar-refractivity contribution in [2.45, 2.75) is 26.4 Å². The molecule has 39 heavy (non-hydrogen) atoms. The molecule has 15 heteroatoms. The summed E-state index contributed by atoms with van der Waals surface area (Å²) in [6, 6.07) is 6.29. The molecule has 0 N–H and O–H groups in total. The second-order valence-electron chi connectivity index (χ2n) is 8.42. The van der Waals surface area contributed by atoms with Gasteiger partial charge in [0.15, 0.2) is 0 Å². The van der Waals surface area contributed by atoms with Crippen molar-refractivity contribution >= 4 is 35.0 Å². The summed E-state index contributed by atoms with van der Waals surface area (Å²) < 4.78 is 91.2. The van der Waals surface area contributed by atoms with E-state index in [2.05, 4.69) is 9.84 Å². The van der Waals surface area contributed by atoms with Crippen LogP contribution in [0.25, 0.3) is 0 Å². The molecule has 0 fully saturated rings. The summed E-state index contributed by atoms with van der Waals surface area (Å²) in [6.45, 7) is 2.21. The summed E-state index contributed by atoms with van der Waals surface area (Å²) in [5.41, 5.74) is -2.61. The number of amides is 2. The highest BCUT2D eigenvalue weighted by Gasteiger charge is 2.49. The zero-order chi connectivity index (χ0) is 29.2. The van der Waals surface area contributed by atoms with E-state index >= 15 is 0 Å². The molecule has 1 heterocycles. The molecule has 0 aromatic heterocycles. The molecule has 2 aromatic carbocycles. The van der Waals surface area contributed by atoms with E-state index in [0.29, 0.717) is 0 Å². The van der Waals surface area contributed by atoms with Gasteiger partial charge in [0.1, 0.15) is 17.9 Å². The molecule has 2 amide bonds. The van der Waals surface area contributed by atoms with Gasteiger partial charge in [0.2, 0.25) is 0 Å². The van der Waals surface area contributed by atoms with Crippen LogP contribution in [0.3, 0.4) is 0 Å². The van der Waals surface area contributed by atoms with Crippen molar-refractivity contribution < 1.29 is 50.1 Å². The Balaban J connectivity index is 2.00. The number of esters is 1. The van der Waals surface area contributed by atoms with Gasteiger partial charge in [-0.3, -0.25) is 9.69 Å². The molecule has 1 unspecified atom stereocenters. The van der Waals surface area contributed by atoms with E-state index < -0.39 is 46.3 Å². The molecular weight excluding hydrogens is 560 g/mol. The van der Waals surface area contributed by atoms with Crippen LogP contribution in [0.1, 0.15) is 25.0 Å². The Morgan fingerprint density at radius 2 is 1.74 bits per heavy atom. The third-order valence-electron chi connectivity index (χ3n) is 5.58. The van der Waals surface area contributed by atoms with E-state index in [-0.39, 0.29) is 36.8 Å². The Morgan fingerprint density at radius 1 is 1.10 bits per heavy atom. The van der Waals surface area contributed by atoms with Gasteiger partial charge in [-0.15, -0.1) is 13.2 Å². The zero-order valence-electron chi connectivity index (χ0n) is 20.7. The van der Waals surface area contributed by atoms with Crippen LogP contribution in [0.5, 0.6) is 5.75 Å². The van der Waals surface area contributed by atoms with Crippen molar-refractivity contribution in [3.8, 4) is 5.75 Å². The number of halogens is 7. The van der Waals surface area contributed by atoms with E-state index in [9.17, 15) is 35.9 Å². The predicted molar refractivity (Wildman–Crippen MR) is 127 cm³/mol. The van der Waals surface area contributed by atoms with Crippen LogP contribution < -0.4 is 9.64 Å². The van der Waals surface area contributed by atoms with Crippen LogP contribution in [-0.2, 0) is 20.4 Å². The van der Waals surface area contributed by atoms with Gasteiger partial charge in [-0.25, -0.2) is 9.80 Å². The summed E-state index contributed by atoms with van der Waals surface area (Å²) in [5, 5.41) is 4.48. The predicted octanol–water partition coefficient (Wildman–Crippen LogP) is 6.08. The number of rotatable bonds is 7. The lowest BCUT2D eigenvalue weighted by atomic mass is 9.82. The third-order valence-corrected chi connectivity index (χ3v) is 5.89. The molecule has 2 aromatic rings. The Labute approximate surface area is 223 Å². The van der Waals surface area contributed by atoms with E-state index in [4.69, 9.17) is 21.1 Å². The number of hydrogen-bond donors (Lipinski definition) is 0. The first-order valence-corrected chi connectivity index (χ1v) is 11.6. The first kappa shape index (κ1) is 30.0. The molecule has 1 aliphatic rings. The number of alkyl halides is 6. The van der Waals surface area contributed by atoms with Crippen LogP contribution in [0.2, 0.25) is 5.02 Å². The van der Waals surface area contributed by atoms with Gasteiger partial charge < -0.3 is 14.2 Å². The fourth-order valence-electron chi connectivity index (χ4n) is 3.81. The van der Waals surface area contributed by atoms with Gasteiger partial charge in [0.05, 0.1) is 29.4 Å². The van der Waals surface area contributed by atoms with Crippen molar-refractivity contribution in [2.24, 2.45) is 10.5 Å². The third kappa shape index (κ3) is 6.74. The second-order valence-corrected chi connectivity index (χ2v) is 8.83. The largest absolute Gasteiger partial charge is 0.573 e. The summed E-state index contributed by atoms with van der Waals surface area (Å²) >= 11 is 5.87. The van der Waals surface area contributed by atoms with Crippen molar-refractivity contribution in [2.75, 3.05) is 31.9 Å². The van der Waals surface area contributed by atoms with Crippen LogP contribution in [0.4, 0.5) is 36.8 Å². The fraction of sp³-hybridized carbons (Fsp3) is 0.375. The topological polar surface area (TPSA) is 80.7 Å². The first-order chi connectivity index (χ1) is 18.1. The molecule has 0 spiro atoms. The summed E-state index contributed by atoms with van der Waals surface area (Å²) in [4.78, 5) is 27.4. The van der Waals surface area contributed by atoms with Crippen molar-refractivity contribution in [1.29, 1.82) is 0 Å². The smallest absolute Gasteiger partial charge is 0.465 e. The number of hydrazone groups is 1. The van der Waals surface area contributed by atoms with Gasteiger partial charge in [-0.05, 0) is 50.2 Å². The van der Waals surface area contributed by atoms with Crippen molar-refractivity contribution in [3.63, 3.8) is 0 Å². The maximum Gasteiger partial charge on any atom is 0.573 e. The van der Waals surface area contributed by atoms with E-state index in [0.717, 1.165) is 40.2 Å². The van der Waals surface area contributed by atoms with Crippen LogP contribution in [0.15, 0.2) is 47.6 Å². The van der Waals surface area contributed by atoms with Crippen molar-refractivity contribution in [3.05, 3.63) is 58.6 Å². The number of anilines is 1. The van der Waals surface area contributed by atoms with E-state index in [1.54, 1.807) is 6.92 Å². The average molecular weight is 582 g/mol. The Morgan fingerprint density at radius 3 is 2.26 bits per heavy atom. The molecule has 0 radical (unpaired) electrons. The number of urea groups is 1. The Bertz CT molecular complexity index is 1250. The van der Waals surface area contributed by atoms with Crippen molar-refractivity contribution in [1.82, 2.24) is 5.01 Å².